The highest BCUT2D eigenvalue weighted by Crippen LogP contribution is 2.17. The molecule has 124 valence electrons. The van der Waals surface area contributed by atoms with Crippen molar-refractivity contribution in [3.8, 4) is 6.07 Å². The van der Waals surface area contributed by atoms with Gasteiger partial charge in [0.1, 0.15) is 11.8 Å². The summed E-state index contributed by atoms with van der Waals surface area (Å²) in [4.78, 5) is 18.9. The molecule has 2 rings (SSSR count). The van der Waals surface area contributed by atoms with Crippen LogP contribution in [0, 0.1) is 11.3 Å². The number of amides is 1. The Morgan fingerprint density at radius 1 is 1.17 bits per heavy atom. The van der Waals surface area contributed by atoms with E-state index in [1.54, 1.807) is 36.5 Å². The van der Waals surface area contributed by atoms with E-state index in [1.165, 1.54) is 0 Å². The van der Waals surface area contributed by atoms with Crippen molar-refractivity contribution >= 4 is 17.3 Å². The van der Waals surface area contributed by atoms with Crippen molar-refractivity contribution in [1.82, 2.24) is 4.98 Å². The van der Waals surface area contributed by atoms with Crippen molar-refractivity contribution in [1.29, 1.82) is 5.26 Å². The molecule has 0 unspecified atom stereocenters. The topological polar surface area (TPSA) is 69.0 Å². The van der Waals surface area contributed by atoms with Crippen LogP contribution in [0.3, 0.4) is 0 Å². The summed E-state index contributed by atoms with van der Waals surface area (Å²) >= 11 is 0. The molecule has 1 heterocycles. The number of benzene rings is 1. The largest absolute Gasteiger partial charge is 0.370 e. The summed E-state index contributed by atoms with van der Waals surface area (Å²) in [5.74, 6) is -0.318. The molecule has 5 nitrogen and oxygen atoms in total. The van der Waals surface area contributed by atoms with Crippen LogP contribution in [-0.2, 0) is 0 Å². The summed E-state index contributed by atoms with van der Waals surface area (Å²) in [6, 6.07) is 12.6. The number of nitrogens with one attached hydrogen (secondary N) is 1. The normalized spacial score (nSPS) is 10.0. The molecular weight excluding hydrogens is 300 g/mol. The maximum Gasteiger partial charge on any atom is 0.274 e. The zero-order chi connectivity index (χ0) is 17.4. The summed E-state index contributed by atoms with van der Waals surface area (Å²) in [5, 5.41) is 11.8. The van der Waals surface area contributed by atoms with Gasteiger partial charge >= 0.3 is 0 Å². The highest BCUT2D eigenvalue weighted by molar-refractivity contribution is 6.03. The zero-order valence-corrected chi connectivity index (χ0v) is 14.1. The van der Waals surface area contributed by atoms with Gasteiger partial charge in [0, 0.05) is 13.1 Å². The van der Waals surface area contributed by atoms with Gasteiger partial charge in [-0.05, 0) is 37.1 Å². The molecule has 24 heavy (non-hydrogen) atoms. The predicted octanol–water partition coefficient (Wildman–Crippen LogP) is 3.83. The number of rotatable bonds is 7. The van der Waals surface area contributed by atoms with Crippen LogP contribution in [0.25, 0.3) is 0 Å². The average Bonchev–Trinajstić information content (AvgIpc) is 2.62. The van der Waals surface area contributed by atoms with Gasteiger partial charge in [0.15, 0.2) is 0 Å². The number of pyridine rings is 1. The Kier molecular flexibility index (Phi) is 6.32. The molecule has 0 spiro atoms. The maximum absolute atomic E-state index is 12.3. The van der Waals surface area contributed by atoms with Crippen LogP contribution >= 0.6 is 0 Å². The van der Waals surface area contributed by atoms with Crippen molar-refractivity contribution in [2.75, 3.05) is 23.3 Å². The monoisotopic (exact) mass is 322 g/mol. The smallest absolute Gasteiger partial charge is 0.274 e. The number of nitriles is 1. The molecule has 1 aromatic heterocycles. The molecule has 1 aromatic carbocycles. The zero-order valence-electron chi connectivity index (χ0n) is 14.1. The van der Waals surface area contributed by atoms with Crippen LogP contribution in [0.15, 0.2) is 42.6 Å². The quantitative estimate of drug-likeness (QED) is 0.841. The van der Waals surface area contributed by atoms with Crippen LogP contribution < -0.4 is 10.2 Å². The predicted molar refractivity (Wildman–Crippen MR) is 96.1 cm³/mol. The van der Waals surface area contributed by atoms with E-state index in [0.29, 0.717) is 16.9 Å². The fraction of sp³-hybridized carbons (Fsp3) is 0.316. The molecule has 2 aromatic rings. The van der Waals surface area contributed by atoms with Gasteiger partial charge in [0.25, 0.3) is 5.91 Å². The Bertz CT molecular complexity index is 713. The van der Waals surface area contributed by atoms with Gasteiger partial charge in [-0.1, -0.05) is 26.0 Å². The third-order valence-electron chi connectivity index (χ3n) is 3.63. The first kappa shape index (κ1) is 17.5. The summed E-state index contributed by atoms with van der Waals surface area (Å²) < 4.78 is 0. The van der Waals surface area contributed by atoms with E-state index >= 15 is 0 Å². The minimum Gasteiger partial charge on any atom is -0.370 e. The molecule has 0 fully saturated rings. The molecule has 0 atom stereocenters. The van der Waals surface area contributed by atoms with E-state index in [-0.39, 0.29) is 5.91 Å². The lowest BCUT2D eigenvalue weighted by atomic mass is 10.2. The summed E-state index contributed by atoms with van der Waals surface area (Å²) in [6.07, 6.45) is 3.86. The molecule has 0 radical (unpaired) electrons. The van der Waals surface area contributed by atoms with Crippen molar-refractivity contribution in [2.24, 2.45) is 0 Å². The highest BCUT2D eigenvalue weighted by Gasteiger charge is 2.11. The van der Waals surface area contributed by atoms with Gasteiger partial charge < -0.3 is 10.2 Å². The van der Waals surface area contributed by atoms with Gasteiger partial charge in [0.05, 0.1) is 23.1 Å². The molecule has 0 aliphatic carbocycles. The van der Waals surface area contributed by atoms with E-state index in [0.717, 1.165) is 31.6 Å². The number of anilines is 2. The average molecular weight is 322 g/mol. The lowest BCUT2D eigenvalue weighted by Gasteiger charge is -2.23. The Balaban J connectivity index is 2.12. The molecule has 0 saturated heterocycles. The maximum atomic E-state index is 12.3. The van der Waals surface area contributed by atoms with Crippen LogP contribution in [0.5, 0.6) is 0 Å². The fourth-order valence-corrected chi connectivity index (χ4v) is 2.49. The summed E-state index contributed by atoms with van der Waals surface area (Å²) in [7, 11) is 0. The number of nitrogens with zero attached hydrogens (tertiary/aromatic N) is 3. The first-order chi connectivity index (χ1) is 11.7. The first-order valence-corrected chi connectivity index (χ1v) is 8.21. The number of hydrogen-bond acceptors (Lipinski definition) is 4. The molecule has 0 aliphatic heterocycles. The Morgan fingerprint density at radius 2 is 1.88 bits per heavy atom. The molecule has 0 saturated carbocycles. The van der Waals surface area contributed by atoms with Gasteiger partial charge in [-0.25, -0.2) is 4.98 Å². The van der Waals surface area contributed by atoms with Crippen LogP contribution in [0.4, 0.5) is 11.4 Å². The number of hydrogen-bond donors (Lipinski definition) is 1. The van der Waals surface area contributed by atoms with E-state index < -0.39 is 0 Å². The lowest BCUT2D eigenvalue weighted by Crippen LogP contribution is -2.25. The van der Waals surface area contributed by atoms with Crippen LogP contribution in [0.2, 0.25) is 0 Å². The molecular formula is C19H22N4O. The third kappa shape index (κ3) is 4.32. The Hall–Kier alpha value is -2.87. The van der Waals surface area contributed by atoms with E-state index in [4.69, 9.17) is 5.26 Å². The minimum absolute atomic E-state index is 0.318. The first-order valence-electron chi connectivity index (χ1n) is 8.21. The van der Waals surface area contributed by atoms with Gasteiger partial charge in [-0.3, -0.25) is 4.79 Å². The van der Waals surface area contributed by atoms with Crippen LogP contribution in [0.1, 0.15) is 42.7 Å². The molecule has 1 amide bonds. The van der Waals surface area contributed by atoms with Gasteiger partial charge in [0.2, 0.25) is 0 Å². The Morgan fingerprint density at radius 3 is 2.46 bits per heavy atom. The standard InChI is InChI=1S/C19H22N4O/c1-3-11-23(12-4-2)16-9-10-18(21-14-16)19(24)22-17-8-6-5-7-15(17)13-20/h5-10,14H,3-4,11-12H2,1-2H3,(H,22,24). The SMILES string of the molecule is CCCN(CCC)c1ccc(C(=O)Nc2ccccc2C#N)nc1. The van der Waals surface area contributed by atoms with Crippen molar-refractivity contribution in [3.63, 3.8) is 0 Å². The van der Waals surface area contributed by atoms with E-state index in [2.05, 4.69) is 35.1 Å². The van der Waals surface area contributed by atoms with Crippen molar-refractivity contribution in [3.05, 3.63) is 53.9 Å². The Labute approximate surface area is 142 Å². The van der Waals surface area contributed by atoms with Gasteiger partial charge in [-0.15, -0.1) is 0 Å². The molecule has 1 N–H and O–H groups in total. The molecule has 5 heteroatoms. The fourth-order valence-electron chi connectivity index (χ4n) is 2.49. The highest BCUT2D eigenvalue weighted by atomic mass is 16.1. The van der Waals surface area contributed by atoms with E-state index in [1.807, 2.05) is 6.07 Å². The minimum atomic E-state index is -0.318. The second-order valence-corrected chi connectivity index (χ2v) is 5.50. The second kappa shape index (κ2) is 8.68. The van der Waals surface area contributed by atoms with Crippen molar-refractivity contribution < 1.29 is 4.79 Å². The van der Waals surface area contributed by atoms with E-state index in [9.17, 15) is 4.79 Å². The second-order valence-electron chi connectivity index (χ2n) is 5.50. The molecule has 0 aliphatic rings. The number of carbonyl (C=O) groups is 1. The summed E-state index contributed by atoms with van der Waals surface area (Å²) in [6.45, 7) is 6.22. The van der Waals surface area contributed by atoms with Crippen LogP contribution in [-0.4, -0.2) is 24.0 Å². The molecule has 0 bridgehead atoms. The number of para-hydroxylation sites is 1. The number of aromatic nitrogens is 1. The lowest BCUT2D eigenvalue weighted by molar-refractivity contribution is 0.102. The van der Waals surface area contributed by atoms with Gasteiger partial charge in [-0.2, -0.15) is 5.26 Å². The summed E-state index contributed by atoms with van der Waals surface area (Å²) in [5.41, 5.74) is 2.28. The third-order valence-corrected chi connectivity index (χ3v) is 3.63. The number of carbonyl (C=O) groups excluding carboxylic acids is 1. The van der Waals surface area contributed by atoms with Crippen molar-refractivity contribution in [2.45, 2.75) is 26.7 Å².